The summed E-state index contributed by atoms with van der Waals surface area (Å²) >= 11 is 3.42. The lowest BCUT2D eigenvalue weighted by molar-refractivity contribution is -0.667. The molecule has 0 aliphatic carbocycles. The van der Waals surface area contributed by atoms with Crippen LogP contribution in [0.4, 0.5) is 16.8 Å². The Kier molecular flexibility index (Phi) is 8.73. The highest BCUT2D eigenvalue weighted by Crippen LogP contribution is 2.41. The minimum Gasteiger partial charge on any atom is -0.478 e. The van der Waals surface area contributed by atoms with Crippen LogP contribution in [0.1, 0.15) is 12.6 Å². The molecule has 218 valence electrons. The summed E-state index contributed by atoms with van der Waals surface area (Å²) in [4.78, 5) is 63.8. The number of hydrogen-bond donors (Lipinski definition) is 7. The smallest absolute Gasteiger partial charge is 0.352 e. The number of nitrogens with two attached hydrogens (primary N) is 3. The quantitative estimate of drug-likeness (QED) is 0.0284. The third-order valence-corrected chi connectivity index (χ3v) is 8.83. The molecule has 0 aromatic carbocycles. The molecule has 17 nitrogen and oxygen atoms in total. The van der Waals surface area contributed by atoms with Crippen molar-refractivity contribution >= 4 is 81.1 Å². The molecule has 10 N–H and O–H groups in total. The van der Waals surface area contributed by atoms with Gasteiger partial charge in [0.1, 0.15) is 22.8 Å². The number of aliphatic carboxylic acids is 2. The molecule has 41 heavy (non-hydrogen) atoms. The van der Waals surface area contributed by atoms with Gasteiger partial charge in [0.2, 0.25) is 17.7 Å². The van der Waals surface area contributed by atoms with Gasteiger partial charge in [-0.3, -0.25) is 20.3 Å². The number of nitrogen functional groups attached to an aromatic ring is 3. The maximum absolute atomic E-state index is 13.1. The highest BCUT2D eigenvalue weighted by Gasteiger charge is 2.54. The molecule has 0 radical (unpaired) electrons. The molecule has 1 fully saturated rings. The van der Waals surface area contributed by atoms with Gasteiger partial charge >= 0.3 is 17.1 Å². The summed E-state index contributed by atoms with van der Waals surface area (Å²) in [6.45, 7) is 1.22. The third-order valence-electron chi connectivity index (χ3n) is 5.77. The summed E-state index contributed by atoms with van der Waals surface area (Å²) in [6, 6.07) is 0.451. The van der Waals surface area contributed by atoms with Gasteiger partial charge in [0.25, 0.3) is 11.8 Å². The van der Waals surface area contributed by atoms with E-state index in [1.165, 1.54) is 28.7 Å². The Hall–Kier alpha value is -4.30. The lowest BCUT2D eigenvalue weighted by Crippen LogP contribution is -2.71. The minimum atomic E-state index is -1.37. The second-order valence-corrected chi connectivity index (χ2v) is 11.4. The number of anilines is 3. The standard InChI is InChI=1S/C21H24N10O7S3/c1-7(18(34)35)38-29-12(9-6-40-20(23)26-9)15(32)28-13-16(33)30-14(19(36)37)8(4-39-17(13)30)5-41-21-27-10(22)3-11(25-2)31(21)24/h3,6-7,13,17H,4-5,24H2,1-2H3,(H7,22,23,25,26,28,32,34,35,36,37)/p+1/b29-12-/t7?,13?,17-/m1/s1. The summed E-state index contributed by atoms with van der Waals surface area (Å²) in [6.07, 6.45) is -1.37. The normalized spacial score (nSPS) is 19.2. The minimum absolute atomic E-state index is 0.0154. The summed E-state index contributed by atoms with van der Waals surface area (Å²) in [5.74, 6) is 3.00. The van der Waals surface area contributed by atoms with Crippen molar-refractivity contribution in [2.24, 2.45) is 5.16 Å². The Morgan fingerprint density at radius 1 is 1.34 bits per heavy atom. The number of carboxylic acid groups (broad SMARTS) is 2. The van der Waals surface area contributed by atoms with Crippen LogP contribution in [0.2, 0.25) is 0 Å². The first-order valence-electron chi connectivity index (χ1n) is 11.6. The number of hydrogen-bond acceptors (Lipinski definition) is 15. The monoisotopic (exact) mass is 625 g/mol. The average Bonchev–Trinajstić information content (AvgIpc) is 3.36. The topological polar surface area (TPSA) is 265 Å². The Bertz CT molecular complexity index is 1480. The van der Waals surface area contributed by atoms with Crippen LogP contribution in [0.25, 0.3) is 0 Å². The van der Waals surface area contributed by atoms with E-state index in [0.717, 1.165) is 28.0 Å². The molecule has 2 aromatic rings. The first-order chi connectivity index (χ1) is 19.4. The third kappa shape index (κ3) is 6.07. The number of nitrogens with one attached hydrogen (secondary N) is 2. The molecule has 20 heteroatoms. The number of β-lactam (4-membered cyclic amide) rings is 1. The van der Waals surface area contributed by atoms with Crippen LogP contribution in [0.3, 0.4) is 0 Å². The van der Waals surface area contributed by atoms with Crippen LogP contribution in [0, 0.1) is 0 Å². The fraction of sp³-hybridized carbons (Fsp3) is 0.333. The first-order valence-corrected chi connectivity index (χ1v) is 14.5. The van der Waals surface area contributed by atoms with Crippen molar-refractivity contribution in [2.45, 2.75) is 29.6 Å². The van der Waals surface area contributed by atoms with E-state index in [0.29, 0.717) is 16.5 Å². The van der Waals surface area contributed by atoms with Crippen molar-refractivity contribution in [1.82, 2.24) is 20.2 Å². The van der Waals surface area contributed by atoms with E-state index in [9.17, 15) is 24.3 Å². The highest BCUT2D eigenvalue weighted by atomic mass is 32.2. The fourth-order valence-electron chi connectivity index (χ4n) is 3.74. The molecule has 2 aliphatic heterocycles. The number of carboxylic acids is 2. The molecular formula is C21H25N10O7S3+. The predicted octanol–water partition coefficient (Wildman–Crippen LogP) is -1.53. The first kappa shape index (κ1) is 29.7. The van der Waals surface area contributed by atoms with Crippen molar-refractivity contribution in [3.05, 3.63) is 28.4 Å². The van der Waals surface area contributed by atoms with Gasteiger partial charge in [0.15, 0.2) is 10.8 Å². The lowest BCUT2D eigenvalue weighted by Gasteiger charge is -2.49. The number of thiazole rings is 1. The molecule has 1 saturated heterocycles. The number of amides is 2. The highest BCUT2D eigenvalue weighted by molar-refractivity contribution is 8.01. The van der Waals surface area contributed by atoms with Crippen LogP contribution < -0.4 is 32.6 Å². The number of aromatic nitrogens is 3. The lowest BCUT2D eigenvalue weighted by atomic mass is 10.0. The van der Waals surface area contributed by atoms with Gasteiger partial charge in [-0.2, -0.15) is 0 Å². The predicted molar refractivity (Wildman–Crippen MR) is 150 cm³/mol. The van der Waals surface area contributed by atoms with Gasteiger partial charge in [-0.15, -0.1) is 27.8 Å². The van der Waals surface area contributed by atoms with Gasteiger partial charge < -0.3 is 37.2 Å². The van der Waals surface area contributed by atoms with E-state index in [-0.39, 0.29) is 33.8 Å². The number of carbonyl (C=O) groups is 4. The zero-order chi connectivity index (χ0) is 30.0. The van der Waals surface area contributed by atoms with Crippen molar-refractivity contribution in [3.63, 3.8) is 0 Å². The van der Waals surface area contributed by atoms with Crippen molar-refractivity contribution in [1.29, 1.82) is 0 Å². The van der Waals surface area contributed by atoms with Gasteiger partial charge in [0.05, 0.1) is 6.07 Å². The van der Waals surface area contributed by atoms with E-state index < -0.39 is 47.0 Å². The van der Waals surface area contributed by atoms with Crippen LogP contribution in [0.15, 0.2) is 33.0 Å². The van der Waals surface area contributed by atoms with Crippen LogP contribution in [-0.2, 0) is 24.0 Å². The van der Waals surface area contributed by atoms with E-state index in [1.54, 1.807) is 13.1 Å². The molecule has 2 aromatic heterocycles. The van der Waals surface area contributed by atoms with Crippen LogP contribution >= 0.6 is 34.9 Å². The zero-order valence-electron chi connectivity index (χ0n) is 21.4. The van der Waals surface area contributed by atoms with Gasteiger partial charge in [-0.05, 0) is 24.3 Å². The van der Waals surface area contributed by atoms with Gasteiger partial charge in [-0.1, -0.05) is 10.1 Å². The maximum Gasteiger partial charge on any atom is 0.352 e. The van der Waals surface area contributed by atoms with E-state index >= 15 is 0 Å². The molecule has 4 heterocycles. The Morgan fingerprint density at radius 2 is 2.07 bits per heavy atom. The number of carbonyl (C=O) groups excluding carboxylic acids is 2. The average molecular weight is 626 g/mol. The Labute approximate surface area is 244 Å². The molecule has 2 aliphatic rings. The van der Waals surface area contributed by atoms with Crippen molar-refractivity contribution < 1.29 is 38.9 Å². The second-order valence-electron chi connectivity index (χ2n) is 8.47. The second kappa shape index (κ2) is 12.1. The number of oxime groups is 1. The number of nitrogens with zero attached hydrogens (tertiary/aromatic N) is 5. The maximum atomic E-state index is 13.1. The molecule has 0 spiro atoms. The number of rotatable bonds is 11. The summed E-state index contributed by atoms with van der Waals surface area (Å²) in [5.41, 5.74) is 11.4. The summed E-state index contributed by atoms with van der Waals surface area (Å²) < 4.78 is 1.27. The molecule has 2 unspecified atom stereocenters. The summed E-state index contributed by atoms with van der Waals surface area (Å²) in [5, 5.41) is 29.2. The Balaban J connectivity index is 1.52. The zero-order valence-corrected chi connectivity index (χ0v) is 23.9. The fourth-order valence-corrected chi connectivity index (χ4v) is 6.71. The Morgan fingerprint density at radius 3 is 2.68 bits per heavy atom. The molecule has 0 saturated carbocycles. The SMILES string of the molecule is CNc1cc(N)nc(SCC2=C(C(=O)O)N3C(=O)C(NC(=O)/C(=N\OC(C)C(=O)O)c4csc(N)n4)[C@H]3SC2)[n+]1N. The number of fused-ring (bicyclic) bond motifs is 1. The van der Waals surface area contributed by atoms with Crippen molar-refractivity contribution in [2.75, 3.05) is 41.2 Å². The molecule has 3 atom stereocenters. The van der Waals surface area contributed by atoms with Gasteiger partial charge in [-0.25, -0.2) is 14.6 Å². The van der Waals surface area contributed by atoms with E-state index in [2.05, 4.69) is 25.8 Å². The molecular weight excluding hydrogens is 600 g/mol. The van der Waals surface area contributed by atoms with Crippen molar-refractivity contribution in [3.8, 4) is 0 Å². The molecule has 0 bridgehead atoms. The number of thioether (sulfide) groups is 2. The van der Waals surface area contributed by atoms with Crippen LogP contribution in [0.5, 0.6) is 0 Å². The molecule has 4 rings (SSSR count). The summed E-state index contributed by atoms with van der Waals surface area (Å²) in [7, 11) is 1.66. The van der Waals surface area contributed by atoms with E-state index in [4.69, 9.17) is 27.3 Å². The van der Waals surface area contributed by atoms with Crippen LogP contribution in [-0.4, -0.2) is 90.6 Å². The van der Waals surface area contributed by atoms with E-state index in [1.807, 2.05) is 0 Å². The van der Waals surface area contributed by atoms with Gasteiger partial charge in [0, 0.05) is 23.9 Å². The molecule has 2 amide bonds. The largest absolute Gasteiger partial charge is 0.478 e.